The third kappa shape index (κ3) is 4.26. The predicted octanol–water partition coefficient (Wildman–Crippen LogP) is 1.64. The molecule has 6 nitrogen and oxygen atoms in total. The number of carbonyl (C=O) groups is 1. The monoisotopic (exact) mass is 359 g/mol. The van der Waals surface area contributed by atoms with Gasteiger partial charge in [0, 0.05) is 50.3 Å². The van der Waals surface area contributed by atoms with Crippen molar-refractivity contribution in [3.63, 3.8) is 0 Å². The number of aromatic amines is 1. The Balaban J connectivity index is 1.48. The summed E-state index contributed by atoms with van der Waals surface area (Å²) in [5, 5.41) is 11.5. The number of aliphatic hydroxyl groups is 1. The number of benzene rings is 1. The summed E-state index contributed by atoms with van der Waals surface area (Å²) in [6.07, 6.45) is 3.76. The van der Waals surface area contributed by atoms with Crippen LogP contribution in [0.4, 0.5) is 0 Å². The molecule has 0 spiro atoms. The fourth-order valence-electron chi connectivity index (χ4n) is 3.73. The lowest BCUT2D eigenvalue weighted by Gasteiger charge is -2.25. The molecule has 1 aromatic heterocycles. The van der Waals surface area contributed by atoms with Crippen LogP contribution in [0.5, 0.6) is 0 Å². The minimum Gasteiger partial charge on any atom is -0.390 e. The number of ether oxygens (including phenoxy) is 1. The van der Waals surface area contributed by atoms with E-state index in [1.165, 1.54) is 10.9 Å². The van der Waals surface area contributed by atoms with Gasteiger partial charge in [-0.1, -0.05) is 18.2 Å². The molecule has 2 heterocycles. The number of rotatable bonds is 8. The third-order valence-electron chi connectivity index (χ3n) is 5.34. The van der Waals surface area contributed by atoms with Gasteiger partial charge in [-0.3, -0.25) is 9.69 Å². The average molecular weight is 359 g/mol. The maximum Gasteiger partial charge on any atom is 0.222 e. The topological polar surface area (TPSA) is 68.8 Å². The van der Waals surface area contributed by atoms with Gasteiger partial charge in [-0.2, -0.15) is 0 Å². The quantitative estimate of drug-likeness (QED) is 0.752. The number of aliphatic hydroxyl groups excluding tert-OH is 1. The standard InChI is InChI=1S/C20H29N3O3/c1-22(10-11-26-2)18-13-23(14-19(18)24)20(25)9-5-6-15-12-21-17-8-4-3-7-16(15)17/h3-4,7-8,12,18-19,21,24H,5-6,9-11,13-14H2,1-2H3/t18-,19-/m1/s1. The van der Waals surface area contributed by atoms with Crippen LogP contribution < -0.4 is 0 Å². The Morgan fingerprint density at radius 1 is 1.38 bits per heavy atom. The molecule has 0 radical (unpaired) electrons. The van der Waals surface area contributed by atoms with E-state index in [1.807, 2.05) is 25.4 Å². The maximum atomic E-state index is 12.5. The van der Waals surface area contributed by atoms with Gasteiger partial charge in [-0.05, 0) is 31.5 Å². The number of H-pyrrole nitrogens is 1. The van der Waals surface area contributed by atoms with E-state index in [-0.39, 0.29) is 11.9 Å². The minimum absolute atomic E-state index is 0.0114. The number of nitrogens with one attached hydrogen (secondary N) is 1. The summed E-state index contributed by atoms with van der Waals surface area (Å²) in [7, 11) is 3.64. The molecule has 1 aliphatic rings. The number of hydrogen-bond acceptors (Lipinski definition) is 4. The maximum absolute atomic E-state index is 12.5. The number of nitrogens with zero attached hydrogens (tertiary/aromatic N) is 2. The molecule has 26 heavy (non-hydrogen) atoms. The van der Waals surface area contributed by atoms with Crippen LogP contribution in [0.25, 0.3) is 10.9 Å². The van der Waals surface area contributed by atoms with E-state index in [1.54, 1.807) is 12.0 Å². The Kier molecular flexibility index (Phi) is 6.29. The van der Waals surface area contributed by atoms with Crippen molar-refractivity contribution in [1.29, 1.82) is 0 Å². The highest BCUT2D eigenvalue weighted by Crippen LogP contribution is 2.21. The number of aryl methyl sites for hydroxylation is 1. The SMILES string of the molecule is COCCN(C)[C@@H]1CN(C(=O)CCCc2c[nH]c3ccccc23)C[C@H]1O. The number of methoxy groups -OCH3 is 1. The zero-order valence-electron chi connectivity index (χ0n) is 15.6. The highest BCUT2D eigenvalue weighted by Gasteiger charge is 2.35. The van der Waals surface area contributed by atoms with Gasteiger partial charge in [-0.15, -0.1) is 0 Å². The number of amides is 1. The number of likely N-dealkylation sites (N-methyl/N-ethyl adjacent to an activating group) is 1. The van der Waals surface area contributed by atoms with Crippen LogP contribution in [0.2, 0.25) is 0 Å². The van der Waals surface area contributed by atoms with E-state index in [4.69, 9.17) is 4.74 Å². The van der Waals surface area contributed by atoms with E-state index in [9.17, 15) is 9.90 Å². The van der Waals surface area contributed by atoms with Crippen LogP contribution in [0.1, 0.15) is 18.4 Å². The molecule has 2 N–H and O–H groups in total. The molecule has 1 aromatic carbocycles. The summed E-state index contributed by atoms with van der Waals surface area (Å²) < 4.78 is 5.09. The number of hydrogen-bond donors (Lipinski definition) is 2. The van der Waals surface area contributed by atoms with Crippen LogP contribution in [0.15, 0.2) is 30.5 Å². The first-order valence-corrected chi connectivity index (χ1v) is 9.30. The Morgan fingerprint density at radius 2 is 2.19 bits per heavy atom. The summed E-state index contributed by atoms with van der Waals surface area (Å²) in [6.45, 7) is 2.39. The number of β-amino-alcohol motifs (C(OH)–C–C–N with tert-alkyl or cyclic N) is 1. The number of fused-ring (bicyclic) bond motifs is 1. The Morgan fingerprint density at radius 3 is 3.00 bits per heavy atom. The second-order valence-corrected chi connectivity index (χ2v) is 7.12. The Hall–Kier alpha value is -1.89. The normalized spacial score (nSPS) is 20.4. The number of likely N-dealkylation sites (tertiary alicyclic amines) is 1. The lowest BCUT2D eigenvalue weighted by atomic mass is 10.1. The van der Waals surface area contributed by atoms with E-state index in [0.29, 0.717) is 26.1 Å². The van der Waals surface area contributed by atoms with E-state index in [0.717, 1.165) is 24.9 Å². The first-order valence-electron chi connectivity index (χ1n) is 9.30. The van der Waals surface area contributed by atoms with Crippen LogP contribution in [-0.4, -0.2) is 78.3 Å². The molecule has 0 saturated carbocycles. The van der Waals surface area contributed by atoms with Crippen molar-refractivity contribution in [2.75, 3.05) is 40.4 Å². The lowest BCUT2D eigenvalue weighted by Crippen LogP contribution is -2.42. The molecular weight excluding hydrogens is 330 g/mol. The second-order valence-electron chi connectivity index (χ2n) is 7.12. The van der Waals surface area contributed by atoms with Crippen LogP contribution in [-0.2, 0) is 16.0 Å². The van der Waals surface area contributed by atoms with Crippen molar-refractivity contribution in [3.05, 3.63) is 36.0 Å². The minimum atomic E-state index is -0.491. The van der Waals surface area contributed by atoms with Crippen LogP contribution in [0, 0.1) is 0 Å². The molecule has 1 amide bonds. The highest BCUT2D eigenvalue weighted by molar-refractivity contribution is 5.83. The Bertz CT molecular complexity index is 730. The first-order chi connectivity index (χ1) is 12.6. The molecule has 6 heteroatoms. The first kappa shape index (κ1) is 18.9. The van der Waals surface area contributed by atoms with E-state index in [2.05, 4.69) is 22.0 Å². The molecule has 2 atom stereocenters. The molecule has 3 rings (SSSR count). The number of para-hydroxylation sites is 1. The lowest BCUT2D eigenvalue weighted by molar-refractivity contribution is -0.130. The summed E-state index contributed by atoms with van der Waals surface area (Å²) in [5.41, 5.74) is 2.39. The zero-order valence-corrected chi connectivity index (χ0v) is 15.6. The second kappa shape index (κ2) is 8.66. The summed E-state index contributed by atoms with van der Waals surface area (Å²) >= 11 is 0. The summed E-state index contributed by atoms with van der Waals surface area (Å²) in [5.74, 6) is 0.131. The van der Waals surface area contributed by atoms with Gasteiger partial charge in [0.2, 0.25) is 5.91 Å². The van der Waals surface area contributed by atoms with Gasteiger partial charge >= 0.3 is 0 Å². The average Bonchev–Trinajstić information content (AvgIpc) is 3.23. The largest absolute Gasteiger partial charge is 0.390 e. The molecule has 142 valence electrons. The fourth-order valence-corrected chi connectivity index (χ4v) is 3.73. The molecule has 1 aliphatic heterocycles. The van der Waals surface area contributed by atoms with Gasteiger partial charge in [-0.25, -0.2) is 0 Å². The molecule has 0 unspecified atom stereocenters. The van der Waals surface area contributed by atoms with Gasteiger partial charge < -0.3 is 19.7 Å². The molecule has 1 saturated heterocycles. The van der Waals surface area contributed by atoms with Gasteiger partial charge in [0.1, 0.15) is 0 Å². The number of aromatic nitrogens is 1. The summed E-state index contributed by atoms with van der Waals surface area (Å²) in [6, 6.07) is 8.22. The molecule has 0 bridgehead atoms. The van der Waals surface area contributed by atoms with Crippen molar-refractivity contribution in [2.45, 2.75) is 31.4 Å². The summed E-state index contributed by atoms with van der Waals surface area (Å²) in [4.78, 5) is 19.7. The van der Waals surface area contributed by atoms with Crippen molar-refractivity contribution < 1.29 is 14.6 Å². The van der Waals surface area contributed by atoms with Crippen LogP contribution >= 0.6 is 0 Å². The van der Waals surface area contributed by atoms with Crippen molar-refractivity contribution in [3.8, 4) is 0 Å². The van der Waals surface area contributed by atoms with Crippen LogP contribution in [0.3, 0.4) is 0 Å². The fraction of sp³-hybridized carbons (Fsp3) is 0.550. The molecule has 0 aliphatic carbocycles. The Labute approximate surface area is 154 Å². The van der Waals surface area contributed by atoms with Crippen molar-refractivity contribution in [2.24, 2.45) is 0 Å². The zero-order chi connectivity index (χ0) is 18.5. The van der Waals surface area contributed by atoms with Gasteiger partial charge in [0.25, 0.3) is 0 Å². The molecule has 1 fully saturated rings. The highest BCUT2D eigenvalue weighted by atomic mass is 16.5. The van der Waals surface area contributed by atoms with Crippen molar-refractivity contribution >= 4 is 16.8 Å². The molecule has 2 aromatic rings. The third-order valence-corrected chi connectivity index (χ3v) is 5.34. The van der Waals surface area contributed by atoms with E-state index >= 15 is 0 Å². The predicted molar refractivity (Wildman–Crippen MR) is 102 cm³/mol. The van der Waals surface area contributed by atoms with Gasteiger partial charge in [0.15, 0.2) is 0 Å². The number of carbonyl (C=O) groups excluding carboxylic acids is 1. The van der Waals surface area contributed by atoms with Crippen molar-refractivity contribution in [1.82, 2.24) is 14.8 Å². The van der Waals surface area contributed by atoms with Gasteiger partial charge in [0.05, 0.1) is 18.8 Å². The van der Waals surface area contributed by atoms with E-state index < -0.39 is 6.10 Å². The smallest absolute Gasteiger partial charge is 0.222 e. The molecular formula is C20H29N3O3.